The summed E-state index contributed by atoms with van der Waals surface area (Å²) in [6.07, 6.45) is -0.787. The molecule has 0 atom stereocenters. The number of methoxy groups -OCH3 is 1. The number of amides is 1. The van der Waals surface area contributed by atoms with Gasteiger partial charge in [-0.1, -0.05) is 72.3 Å². The number of hydrogen-bond acceptors (Lipinski definition) is 7. The summed E-state index contributed by atoms with van der Waals surface area (Å²) in [6, 6.07) is 24.2. The standard InChI is InChI=1S/C29H26ClF2N2O7PS/c1-39-27-8-4-5-9-28(27)43(37,38)34(17-20-10-11-24(26(30)16-20)19-42(36,40-31)41-32)18-23-6-2-3-7-25(23)21-12-14-22(15-13-21)29(33)35/h2-16H,17-19H2,1H3,(H2,33,35). The third kappa shape index (κ3) is 7.48. The molecule has 0 spiro atoms. The number of sulfonamides is 1. The number of hydrogen-bond donors (Lipinski definition) is 1. The Hall–Kier alpha value is -3.64. The van der Waals surface area contributed by atoms with Crippen LogP contribution in [0.1, 0.15) is 27.0 Å². The molecule has 0 fully saturated rings. The SMILES string of the molecule is COc1ccccc1S(=O)(=O)N(Cc1ccc(CP(=O)(OF)OF)c(Cl)c1)Cc1ccccc1-c1ccc(C(N)=O)cc1. The summed E-state index contributed by atoms with van der Waals surface area (Å²) in [5.41, 5.74) is 8.29. The van der Waals surface area contributed by atoms with Gasteiger partial charge in [0.05, 0.1) is 13.3 Å². The van der Waals surface area contributed by atoms with Crippen molar-refractivity contribution in [2.24, 2.45) is 5.73 Å². The van der Waals surface area contributed by atoms with E-state index >= 15 is 0 Å². The molecular formula is C29H26ClF2N2O7PS. The third-order valence-electron chi connectivity index (χ3n) is 6.58. The molecule has 226 valence electrons. The van der Waals surface area contributed by atoms with Gasteiger partial charge in [0, 0.05) is 23.7 Å². The molecule has 0 radical (unpaired) electrons. The third-order valence-corrected chi connectivity index (χ3v) is 9.91. The van der Waals surface area contributed by atoms with E-state index in [-0.39, 0.29) is 34.3 Å². The molecule has 0 aromatic heterocycles. The van der Waals surface area contributed by atoms with E-state index < -0.39 is 29.7 Å². The number of rotatable bonds is 13. The van der Waals surface area contributed by atoms with Gasteiger partial charge in [0.15, 0.2) is 0 Å². The van der Waals surface area contributed by atoms with Crippen LogP contribution in [0, 0.1) is 0 Å². The van der Waals surface area contributed by atoms with Gasteiger partial charge >= 0.3 is 7.60 Å². The normalized spacial score (nSPS) is 11.9. The number of benzene rings is 4. The van der Waals surface area contributed by atoms with Crippen LogP contribution < -0.4 is 10.5 Å². The summed E-state index contributed by atoms with van der Waals surface area (Å²) in [5.74, 6) is -0.430. The van der Waals surface area contributed by atoms with Crippen LogP contribution in [-0.2, 0) is 43.3 Å². The Morgan fingerprint density at radius 2 is 1.56 bits per heavy atom. The molecule has 0 heterocycles. The van der Waals surface area contributed by atoms with E-state index in [1.165, 1.54) is 41.7 Å². The van der Waals surface area contributed by atoms with Gasteiger partial charge in [-0.05, 0) is 67.2 Å². The largest absolute Gasteiger partial charge is 0.495 e. The van der Waals surface area contributed by atoms with Crippen molar-refractivity contribution in [3.8, 4) is 16.9 Å². The molecule has 14 heteroatoms. The number of primary amides is 1. The summed E-state index contributed by atoms with van der Waals surface area (Å²) in [4.78, 5) is 11.5. The number of carbonyl (C=O) groups is 1. The first kappa shape index (κ1) is 32.3. The van der Waals surface area contributed by atoms with Crippen molar-refractivity contribution in [2.75, 3.05) is 7.11 Å². The number of halogens is 3. The van der Waals surface area contributed by atoms with E-state index in [1.807, 2.05) is 6.07 Å². The summed E-state index contributed by atoms with van der Waals surface area (Å²) in [7, 11) is -7.53. The Labute approximate surface area is 252 Å². The molecule has 0 saturated heterocycles. The maximum absolute atomic E-state index is 14.1. The minimum atomic E-state index is -4.70. The Kier molecular flexibility index (Phi) is 10.3. The molecular weight excluding hydrogens is 625 g/mol. The van der Waals surface area contributed by atoms with Gasteiger partial charge in [-0.2, -0.15) is 4.31 Å². The van der Waals surface area contributed by atoms with Gasteiger partial charge in [-0.15, -0.1) is 9.46 Å². The van der Waals surface area contributed by atoms with Gasteiger partial charge in [-0.25, -0.2) is 8.42 Å². The minimum absolute atomic E-state index is 0.0311. The maximum atomic E-state index is 14.1. The lowest BCUT2D eigenvalue weighted by Crippen LogP contribution is -2.31. The Balaban J connectivity index is 1.76. The van der Waals surface area contributed by atoms with Crippen molar-refractivity contribution in [3.63, 3.8) is 0 Å². The first-order valence-electron chi connectivity index (χ1n) is 12.6. The zero-order valence-electron chi connectivity index (χ0n) is 22.7. The van der Waals surface area contributed by atoms with Crippen molar-refractivity contribution < 1.29 is 41.0 Å². The van der Waals surface area contributed by atoms with Crippen molar-refractivity contribution in [3.05, 3.63) is 118 Å². The fourth-order valence-corrected chi connectivity index (χ4v) is 7.17. The van der Waals surface area contributed by atoms with E-state index in [4.69, 9.17) is 22.1 Å². The monoisotopic (exact) mass is 650 g/mol. The number of carbonyl (C=O) groups excluding carboxylic acids is 1. The van der Waals surface area contributed by atoms with Gasteiger partial charge in [0.1, 0.15) is 10.6 Å². The van der Waals surface area contributed by atoms with Crippen LogP contribution in [0.2, 0.25) is 5.02 Å². The van der Waals surface area contributed by atoms with E-state index in [9.17, 15) is 26.8 Å². The Morgan fingerprint density at radius 3 is 2.19 bits per heavy atom. The van der Waals surface area contributed by atoms with Gasteiger partial charge in [0.25, 0.3) is 0 Å². The number of nitrogens with zero attached hydrogens (tertiary/aromatic N) is 1. The highest BCUT2D eigenvalue weighted by Gasteiger charge is 2.31. The number of para-hydroxylation sites is 1. The quantitative estimate of drug-likeness (QED) is 0.154. The lowest BCUT2D eigenvalue weighted by molar-refractivity contribution is -0.0881. The first-order valence-corrected chi connectivity index (χ1v) is 16.1. The Morgan fingerprint density at radius 1 is 0.907 bits per heavy atom. The summed E-state index contributed by atoms with van der Waals surface area (Å²) < 4.78 is 78.2. The van der Waals surface area contributed by atoms with Crippen LogP contribution in [0.3, 0.4) is 0 Å². The highest BCUT2D eigenvalue weighted by Crippen LogP contribution is 2.53. The molecule has 0 unspecified atom stereocenters. The van der Waals surface area contributed by atoms with Gasteiger partial charge in [-0.3, -0.25) is 9.36 Å². The van der Waals surface area contributed by atoms with Crippen LogP contribution in [-0.4, -0.2) is 25.7 Å². The molecule has 0 aliphatic rings. The predicted octanol–water partition coefficient (Wildman–Crippen LogP) is 7.00. The Bertz CT molecular complexity index is 1770. The topological polar surface area (TPSA) is 125 Å². The molecule has 9 nitrogen and oxygen atoms in total. The second-order valence-corrected chi connectivity index (χ2v) is 13.5. The molecule has 4 rings (SSSR count). The second kappa shape index (κ2) is 13.8. The van der Waals surface area contributed by atoms with Crippen LogP contribution in [0.15, 0.2) is 95.9 Å². The van der Waals surface area contributed by atoms with E-state index in [1.54, 1.807) is 54.6 Å². The van der Waals surface area contributed by atoms with E-state index in [2.05, 4.69) is 9.46 Å². The molecule has 0 saturated carbocycles. The number of ether oxygens (including phenoxy) is 1. The second-order valence-electron chi connectivity index (χ2n) is 9.36. The molecule has 0 aliphatic carbocycles. The lowest BCUT2D eigenvalue weighted by Gasteiger charge is -2.25. The van der Waals surface area contributed by atoms with E-state index in [0.29, 0.717) is 16.7 Å². The smallest absolute Gasteiger partial charge is 0.399 e. The molecule has 4 aromatic carbocycles. The molecule has 2 N–H and O–H groups in total. The van der Waals surface area contributed by atoms with Crippen LogP contribution in [0.4, 0.5) is 9.05 Å². The average molecular weight is 651 g/mol. The van der Waals surface area contributed by atoms with Crippen molar-refractivity contribution in [2.45, 2.75) is 24.1 Å². The first-order chi connectivity index (χ1) is 20.5. The lowest BCUT2D eigenvalue weighted by atomic mass is 9.98. The van der Waals surface area contributed by atoms with Crippen molar-refractivity contribution in [1.82, 2.24) is 4.31 Å². The van der Waals surface area contributed by atoms with Crippen LogP contribution in [0.25, 0.3) is 11.1 Å². The molecule has 0 aliphatic heterocycles. The zero-order valence-corrected chi connectivity index (χ0v) is 25.1. The van der Waals surface area contributed by atoms with E-state index in [0.717, 1.165) is 11.1 Å². The van der Waals surface area contributed by atoms with Crippen LogP contribution in [0.5, 0.6) is 5.75 Å². The van der Waals surface area contributed by atoms with Gasteiger partial charge < -0.3 is 10.5 Å². The highest BCUT2D eigenvalue weighted by atomic mass is 35.5. The summed E-state index contributed by atoms with van der Waals surface area (Å²) in [6.45, 7) is -0.264. The zero-order chi connectivity index (χ0) is 31.2. The summed E-state index contributed by atoms with van der Waals surface area (Å²) in [5, 5.41) is -0.0311. The minimum Gasteiger partial charge on any atom is -0.495 e. The molecule has 43 heavy (non-hydrogen) atoms. The molecule has 4 aromatic rings. The average Bonchev–Trinajstić information content (AvgIpc) is 3.02. The number of nitrogens with two attached hydrogens (primary N) is 1. The molecule has 1 amide bonds. The van der Waals surface area contributed by atoms with Gasteiger partial charge in [0.2, 0.25) is 15.9 Å². The fraction of sp³-hybridized carbons (Fsp3) is 0.138. The fourth-order valence-electron chi connectivity index (χ4n) is 4.43. The highest BCUT2D eigenvalue weighted by molar-refractivity contribution is 7.89. The summed E-state index contributed by atoms with van der Waals surface area (Å²) >= 11 is 6.31. The van der Waals surface area contributed by atoms with Crippen molar-refractivity contribution >= 4 is 35.1 Å². The molecule has 0 bridgehead atoms. The van der Waals surface area contributed by atoms with Crippen LogP contribution >= 0.6 is 19.2 Å². The van der Waals surface area contributed by atoms with Crippen molar-refractivity contribution in [1.29, 1.82) is 0 Å². The maximum Gasteiger partial charge on any atom is 0.399 e. The predicted molar refractivity (Wildman–Crippen MR) is 157 cm³/mol.